The van der Waals surface area contributed by atoms with Gasteiger partial charge in [0.05, 0.1) is 7.11 Å². The molecule has 0 saturated carbocycles. The van der Waals surface area contributed by atoms with Gasteiger partial charge in [0.15, 0.2) is 5.17 Å². The Kier molecular flexibility index (Phi) is 10.1. The van der Waals surface area contributed by atoms with Crippen molar-refractivity contribution in [2.24, 2.45) is 4.99 Å². The number of hydrazine groups is 1. The standard InChI is InChI=1S/C5H13N3S.CH4O4S/c1-6-5(9-4)7-8(2)3;1-5-6(2,3)4/h1-4H3,(H,6,7);1H3,(H,2,3,4). The molecule has 0 heterocycles. The molecule has 0 spiro atoms. The van der Waals surface area contributed by atoms with Gasteiger partial charge < -0.3 is 0 Å². The molecule has 9 heteroatoms. The van der Waals surface area contributed by atoms with Crippen LogP contribution in [0.15, 0.2) is 4.99 Å². The third-order valence-corrected chi connectivity index (χ3v) is 2.01. The Morgan fingerprint density at radius 3 is 2.00 bits per heavy atom. The van der Waals surface area contributed by atoms with E-state index in [1.54, 1.807) is 18.8 Å². The van der Waals surface area contributed by atoms with Crippen LogP contribution in [0.3, 0.4) is 0 Å². The minimum atomic E-state index is -4.16. The van der Waals surface area contributed by atoms with Crippen LogP contribution in [0.2, 0.25) is 0 Å². The van der Waals surface area contributed by atoms with Crippen LogP contribution < -0.4 is 5.43 Å². The van der Waals surface area contributed by atoms with Crippen LogP contribution in [0.25, 0.3) is 0 Å². The summed E-state index contributed by atoms with van der Waals surface area (Å²) in [7, 11) is 2.34. The molecule has 15 heavy (non-hydrogen) atoms. The molecule has 0 unspecified atom stereocenters. The normalized spacial score (nSPS) is 12.1. The zero-order chi connectivity index (χ0) is 12.5. The monoisotopic (exact) mass is 259 g/mol. The van der Waals surface area contributed by atoms with Crippen LogP contribution in [-0.2, 0) is 14.6 Å². The Morgan fingerprint density at radius 2 is 1.93 bits per heavy atom. The summed E-state index contributed by atoms with van der Waals surface area (Å²) in [6.07, 6.45) is 1.98. The van der Waals surface area contributed by atoms with Crippen LogP contribution in [0.1, 0.15) is 0 Å². The smallest absolute Gasteiger partial charge is 0.298 e. The molecule has 0 amide bonds. The Labute approximate surface area is 94.8 Å². The van der Waals surface area contributed by atoms with Crippen molar-refractivity contribution >= 4 is 27.3 Å². The van der Waals surface area contributed by atoms with Gasteiger partial charge in [-0.05, 0) is 6.26 Å². The van der Waals surface area contributed by atoms with Crippen molar-refractivity contribution < 1.29 is 17.2 Å². The molecule has 0 aliphatic carbocycles. The number of hydrogen-bond acceptors (Lipinski definition) is 6. The van der Waals surface area contributed by atoms with Crippen molar-refractivity contribution in [1.29, 1.82) is 0 Å². The topological polar surface area (TPSA) is 91.2 Å². The molecule has 0 rings (SSSR count). The summed E-state index contributed by atoms with van der Waals surface area (Å²) in [6, 6.07) is 0. The lowest BCUT2D eigenvalue weighted by molar-refractivity contribution is 0.324. The molecule has 0 aromatic carbocycles. The van der Waals surface area contributed by atoms with Gasteiger partial charge in [-0.2, -0.15) is 8.42 Å². The first kappa shape index (κ1) is 17.1. The highest BCUT2D eigenvalue weighted by Crippen LogP contribution is 1.92. The Hall–Kier alpha value is -0.350. The summed E-state index contributed by atoms with van der Waals surface area (Å²) in [5, 5.41) is 2.79. The van der Waals surface area contributed by atoms with Gasteiger partial charge in [-0.1, -0.05) is 11.8 Å². The number of rotatable bonds is 2. The van der Waals surface area contributed by atoms with Crippen molar-refractivity contribution in [2.75, 3.05) is 34.5 Å². The minimum Gasteiger partial charge on any atom is -0.298 e. The summed E-state index contributed by atoms with van der Waals surface area (Å²) in [5.41, 5.74) is 3.03. The van der Waals surface area contributed by atoms with Crippen LogP contribution in [0.4, 0.5) is 0 Å². The predicted octanol–water partition coefficient (Wildman–Crippen LogP) is -0.163. The summed E-state index contributed by atoms with van der Waals surface area (Å²) in [6.45, 7) is 0. The summed E-state index contributed by atoms with van der Waals surface area (Å²) in [4.78, 5) is 3.97. The number of nitrogens with zero attached hydrogens (tertiary/aromatic N) is 2. The maximum Gasteiger partial charge on any atom is 0.397 e. The van der Waals surface area contributed by atoms with E-state index >= 15 is 0 Å². The average Bonchev–Trinajstić information content (AvgIpc) is 2.13. The summed E-state index contributed by atoms with van der Waals surface area (Å²) < 4.78 is 29.7. The molecule has 0 fully saturated rings. The maximum absolute atomic E-state index is 9.33. The fourth-order valence-corrected chi connectivity index (χ4v) is 0.835. The van der Waals surface area contributed by atoms with Gasteiger partial charge >= 0.3 is 10.4 Å². The van der Waals surface area contributed by atoms with E-state index in [4.69, 9.17) is 4.55 Å². The quantitative estimate of drug-likeness (QED) is 0.308. The third-order valence-electron chi connectivity index (χ3n) is 0.926. The maximum atomic E-state index is 9.33. The van der Waals surface area contributed by atoms with Gasteiger partial charge in [0.25, 0.3) is 0 Å². The molecule has 0 aromatic heterocycles. The predicted molar refractivity (Wildman–Crippen MR) is 62.3 cm³/mol. The lowest BCUT2D eigenvalue weighted by Gasteiger charge is -2.12. The van der Waals surface area contributed by atoms with Gasteiger partial charge in [0.2, 0.25) is 0 Å². The van der Waals surface area contributed by atoms with Gasteiger partial charge in [0, 0.05) is 21.1 Å². The largest absolute Gasteiger partial charge is 0.397 e. The first-order chi connectivity index (χ1) is 6.76. The highest BCUT2D eigenvalue weighted by Gasteiger charge is 1.94. The highest BCUT2D eigenvalue weighted by molar-refractivity contribution is 8.13. The zero-order valence-electron chi connectivity index (χ0n) is 9.38. The van der Waals surface area contributed by atoms with Crippen molar-refractivity contribution in [3.8, 4) is 0 Å². The summed E-state index contributed by atoms with van der Waals surface area (Å²) in [5.74, 6) is 0. The fourth-order valence-electron chi connectivity index (χ4n) is 0.378. The molecule has 0 aliphatic rings. The van der Waals surface area contributed by atoms with Gasteiger partial charge in [-0.3, -0.25) is 19.2 Å². The van der Waals surface area contributed by atoms with E-state index in [9.17, 15) is 8.42 Å². The van der Waals surface area contributed by atoms with Crippen LogP contribution in [0.5, 0.6) is 0 Å². The second kappa shape index (κ2) is 8.92. The molecule has 2 N–H and O–H groups in total. The molecule has 7 nitrogen and oxygen atoms in total. The molecule has 0 atom stereocenters. The number of nitrogens with one attached hydrogen (secondary N) is 1. The van der Waals surface area contributed by atoms with Gasteiger partial charge in [-0.25, -0.2) is 5.01 Å². The molecule has 0 saturated heterocycles. The van der Waals surface area contributed by atoms with Crippen molar-refractivity contribution in [2.45, 2.75) is 0 Å². The molecule has 0 aromatic rings. The first-order valence-corrected chi connectivity index (χ1v) is 6.33. The number of aliphatic imine (C=N–C) groups is 1. The molecule has 0 bridgehead atoms. The zero-order valence-corrected chi connectivity index (χ0v) is 11.0. The Bertz CT molecular complexity index is 276. The third kappa shape index (κ3) is 16.3. The van der Waals surface area contributed by atoms with Crippen molar-refractivity contribution in [1.82, 2.24) is 10.4 Å². The van der Waals surface area contributed by atoms with E-state index in [0.29, 0.717) is 0 Å². The van der Waals surface area contributed by atoms with Gasteiger partial charge in [0.1, 0.15) is 0 Å². The Morgan fingerprint density at radius 1 is 1.53 bits per heavy atom. The van der Waals surface area contributed by atoms with Gasteiger partial charge in [-0.15, -0.1) is 0 Å². The molecule has 0 radical (unpaired) electrons. The van der Waals surface area contributed by atoms with E-state index in [1.165, 1.54) is 0 Å². The van der Waals surface area contributed by atoms with E-state index in [2.05, 4.69) is 14.6 Å². The van der Waals surface area contributed by atoms with E-state index in [0.717, 1.165) is 12.3 Å². The van der Waals surface area contributed by atoms with E-state index in [-0.39, 0.29) is 0 Å². The average molecular weight is 259 g/mol. The SMILES string of the molecule is CN=C(NN(C)C)SC.COS(=O)(=O)O. The molecule has 0 aliphatic heterocycles. The Balaban J connectivity index is 0. The first-order valence-electron chi connectivity index (χ1n) is 3.74. The molecular formula is C6H17N3O4S2. The lowest BCUT2D eigenvalue weighted by Crippen LogP contribution is -2.34. The summed E-state index contributed by atoms with van der Waals surface area (Å²) >= 11 is 1.60. The number of thioether (sulfide) groups is 1. The fraction of sp³-hybridized carbons (Fsp3) is 0.833. The highest BCUT2D eigenvalue weighted by atomic mass is 32.3. The van der Waals surface area contributed by atoms with E-state index < -0.39 is 10.4 Å². The second-order valence-electron chi connectivity index (χ2n) is 2.33. The van der Waals surface area contributed by atoms with Crippen LogP contribution >= 0.6 is 11.8 Å². The van der Waals surface area contributed by atoms with Crippen LogP contribution in [0, 0.1) is 0 Å². The van der Waals surface area contributed by atoms with E-state index in [1.807, 2.05) is 25.4 Å². The van der Waals surface area contributed by atoms with Crippen molar-refractivity contribution in [3.63, 3.8) is 0 Å². The number of amidine groups is 1. The minimum absolute atomic E-state index is 0.870. The lowest BCUT2D eigenvalue weighted by atomic mass is 11.1. The molecule has 92 valence electrons. The molecular weight excluding hydrogens is 242 g/mol. The van der Waals surface area contributed by atoms with Crippen molar-refractivity contribution in [3.05, 3.63) is 0 Å². The van der Waals surface area contributed by atoms with Crippen LogP contribution in [-0.4, -0.2) is 57.7 Å². The second-order valence-corrected chi connectivity index (χ2v) is 4.32. The number of hydrogen-bond donors (Lipinski definition) is 2.